The molecule has 0 radical (unpaired) electrons. The normalized spacial score (nSPS) is 31.1. The van der Waals surface area contributed by atoms with Crippen LogP contribution >= 0.6 is 0 Å². The average molecular weight is 508 g/mol. The van der Waals surface area contributed by atoms with E-state index in [0.717, 1.165) is 5.56 Å². The van der Waals surface area contributed by atoms with Gasteiger partial charge in [-0.25, -0.2) is 9.59 Å². The van der Waals surface area contributed by atoms with Crippen molar-refractivity contribution in [1.82, 2.24) is 5.32 Å². The van der Waals surface area contributed by atoms with Crippen LogP contribution in [0.15, 0.2) is 30.3 Å². The molecule has 3 aliphatic rings. The van der Waals surface area contributed by atoms with Gasteiger partial charge in [0.25, 0.3) is 0 Å². The highest BCUT2D eigenvalue weighted by Crippen LogP contribution is 2.42. The maximum atomic E-state index is 13.4. The van der Waals surface area contributed by atoms with Crippen molar-refractivity contribution >= 4 is 12.1 Å². The standard InChI is InChI=1S/C26H37NO9/c1-15(2)12-17(27-24(29)30-13-16-10-8-7-9-11-16)22(28)32-20-19(18-14-31-25(3,4)34-18)33-23-21(20)35-26(5,6)36-23/h7-11,15,17-21,23H,12-14H2,1-6H3,(H,27,29)/t17-,18+,19+,20+,21+,23+/m0/s1. The maximum absolute atomic E-state index is 13.4. The van der Waals surface area contributed by atoms with E-state index in [-0.39, 0.29) is 19.1 Å². The molecule has 0 bridgehead atoms. The van der Waals surface area contributed by atoms with Crippen LogP contribution in [-0.2, 0) is 44.6 Å². The predicted octanol–water partition coefficient (Wildman–Crippen LogP) is 3.27. The zero-order valence-electron chi connectivity index (χ0n) is 21.7. The number of esters is 1. The molecule has 0 spiro atoms. The number of rotatable bonds is 8. The molecule has 0 aromatic heterocycles. The number of benzene rings is 1. The number of ether oxygens (including phenoxy) is 7. The van der Waals surface area contributed by atoms with Crippen molar-refractivity contribution in [3.63, 3.8) is 0 Å². The molecule has 10 nitrogen and oxygen atoms in total. The van der Waals surface area contributed by atoms with Crippen molar-refractivity contribution in [3.8, 4) is 0 Å². The van der Waals surface area contributed by atoms with Gasteiger partial charge >= 0.3 is 12.1 Å². The third kappa shape index (κ3) is 6.54. The second-order valence-corrected chi connectivity index (χ2v) is 10.7. The molecular weight excluding hydrogens is 470 g/mol. The van der Waals surface area contributed by atoms with Crippen molar-refractivity contribution < 1.29 is 42.7 Å². The largest absolute Gasteiger partial charge is 0.455 e. The molecule has 1 amide bonds. The number of hydrogen-bond donors (Lipinski definition) is 1. The lowest BCUT2D eigenvalue weighted by Crippen LogP contribution is -2.49. The Bertz CT molecular complexity index is 919. The van der Waals surface area contributed by atoms with E-state index < -0.39 is 60.4 Å². The summed E-state index contributed by atoms with van der Waals surface area (Å²) in [6.07, 6.45) is -3.66. The van der Waals surface area contributed by atoms with Crippen LogP contribution in [0.3, 0.4) is 0 Å². The summed E-state index contributed by atoms with van der Waals surface area (Å²) in [6.45, 7) is 11.4. The average Bonchev–Trinajstić information content (AvgIpc) is 3.41. The second-order valence-electron chi connectivity index (χ2n) is 10.7. The first-order chi connectivity index (χ1) is 16.9. The summed E-state index contributed by atoms with van der Waals surface area (Å²) in [5.41, 5.74) is 0.843. The van der Waals surface area contributed by atoms with Gasteiger partial charge in [-0.2, -0.15) is 0 Å². The number of nitrogens with one attached hydrogen (secondary N) is 1. The molecule has 3 fully saturated rings. The molecule has 0 unspecified atom stereocenters. The predicted molar refractivity (Wildman–Crippen MR) is 126 cm³/mol. The van der Waals surface area contributed by atoms with Gasteiger partial charge < -0.3 is 38.5 Å². The minimum atomic E-state index is -0.916. The van der Waals surface area contributed by atoms with E-state index in [4.69, 9.17) is 33.2 Å². The molecule has 1 N–H and O–H groups in total. The Hall–Kier alpha value is -2.24. The lowest BCUT2D eigenvalue weighted by Gasteiger charge is -2.30. The van der Waals surface area contributed by atoms with Gasteiger partial charge in [0.05, 0.1) is 6.61 Å². The molecule has 3 aliphatic heterocycles. The van der Waals surface area contributed by atoms with Gasteiger partial charge in [0.2, 0.25) is 0 Å². The Labute approximate surface area is 211 Å². The van der Waals surface area contributed by atoms with E-state index in [1.807, 2.05) is 58.0 Å². The molecule has 10 heteroatoms. The van der Waals surface area contributed by atoms with Crippen molar-refractivity contribution in [2.24, 2.45) is 5.92 Å². The molecule has 1 aromatic rings. The highest BCUT2D eigenvalue weighted by molar-refractivity contribution is 5.81. The molecule has 4 rings (SSSR count). The van der Waals surface area contributed by atoms with E-state index in [1.165, 1.54) is 0 Å². The summed E-state index contributed by atoms with van der Waals surface area (Å²) in [4.78, 5) is 25.9. The van der Waals surface area contributed by atoms with Crippen LogP contribution in [0.2, 0.25) is 0 Å². The zero-order chi connectivity index (χ0) is 26.1. The highest BCUT2D eigenvalue weighted by atomic mass is 16.8. The second kappa shape index (κ2) is 10.6. The molecule has 6 atom stereocenters. The first-order valence-electron chi connectivity index (χ1n) is 12.4. The number of alkyl carbamates (subject to hydrolysis) is 1. The van der Waals surface area contributed by atoms with Crippen molar-refractivity contribution in [1.29, 1.82) is 0 Å². The number of hydrogen-bond acceptors (Lipinski definition) is 9. The van der Waals surface area contributed by atoms with Crippen molar-refractivity contribution in [2.45, 2.75) is 103 Å². The van der Waals surface area contributed by atoms with Gasteiger partial charge in [-0.1, -0.05) is 44.2 Å². The monoisotopic (exact) mass is 507 g/mol. The number of carbonyl (C=O) groups excluding carboxylic acids is 2. The summed E-state index contributed by atoms with van der Waals surface area (Å²) >= 11 is 0. The van der Waals surface area contributed by atoms with Crippen LogP contribution in [0, 0.1) is 5.92 Å². The molecule has 0 aliphatic carbocycles. The lowest BCUT2D eigenvalue weighted by atomic mass is 10.0. The smallest absolute Gasteiger partial charge is 0.408 e. The summed E-state index contributed by atoms with van der Waals surface area (Å²) < 4.78 is 41.0. The molecular formula is C26H37NO9. The third-order valence-electron chi connectivity index (χ3n) is 6.17. The van der Waals surface area contributed by atoms with E-state index in [1.54, 1.807) is 13.8 Å². The van der Waals surface area contributed by atoms with Gasteiger partial charge in [0.15, 0.2) is 30.1 Å². The third-order valence-corrected chi connectivity index (χ3v) is 6.17. The van der Waals surface area contributed by atoms with Crippen LogP contribution in [0.4, 0.5) is 4.79 Å². The van der Waals surface area contributed by atoms with E-state index >= 15 is 0 Å². The fraction of sp³-hybridized carbons (Fsp3) is 0.692. The molecule has 36 heavy (non-hydrogen) atoms. The molecule has 0 saturated carbocycles. The van der Waals surface area contributed by atoms with Gasteiger partial charge in [-0.3, -0.25) is 0 Å². The Balaban J connectivity index is 1.44. The van der Waals surface area contributed by atoms with Gasteiger partial charge in [0.1, 0.15) is 24.9 Å². The van der Waals surface area contributed by atoms with Crippen LogP contribution in [0.25, 0.3) is 0 Å². The molecule has 1 aromatic carbocycles. The summed E-state index contributed by atoms with van der Waals surface area (Å²) in [6, 6.07) is 8.39. The SMILES string of the molecule is CC(C)C[C@H](NC(=O)OCc1ccccc1)C(=O)O[C@H]1[C@H]2OC(C)(C)O[C@H]2O[C@@H]1[C@H]1COC(C)(C)O1. The Morgan fingerprint density at radius 3 is 2.39 bits per heavy atom. The zero-order valence-corrected chi connectivity index (χ0v) is 21.7. The highest BCUT2D eigenvalue weighted by Gasteiger charge is 2.60. The van der Waals surface area contributed by atoms with Gasteiger partial charge in [-0.15, -0.1) is 0 Å². The minimum absolute atomic E-state index is 0.0908. The van der Waals surface area contributed by atoms with Crippen LogP contribution in [-0.4, -0.2) is 67.0 Å². The van der Waals surface area contributed by atoms with E-state index in [9.17, 15) is 9.59 Å². The number of amides is 1. The molecule has 200 valence electrons. The fourth-order valence-electron chi connectivity index (χ4n) is 4.62. The summed E-state index contributed by atoms with van der Waals surface area (Å²) in [5, 5.41) is 2.66. The first kappa shape index (κ1) is 26.8. The Morgan fingerprint density at radius 2 is 1.75 bits per heavy atom. The maximum Gasteiger partial charge on any atom is 0.408 e. The van der Waals surface area contributed by atoms with Crippen molar-refractivity contribution in [3.05, 3.63) is 35.9 Å². The number of fused-ring (bicyclic) bond motifs is 1. The molecule has 3 saturated heterocycles. The van der Waals surface area contributed by atoms with Crippen LogP contribution in [0.1, 0.15) is 53.5 Å². The molecule has 3 heterocycles. The lowest BCUT2D eigenvalue weighted by molar-refractivity contribution is -0.235. The minimum Gasteiger partial charge on any atom is -0.455 e. The first-order valence-corrected chi connectivity index (χ1v) is 12.4. The number of carbonyl (C=O) groups is 2. The topological polar surface area (TPSA) is 111 Å². The quantitative estimate of drug-likeness (QED) is 0.530. The van der Waals surface area contributed by atoms with Crippen LogP contribution < -0.4 is 5.32 Å². The summed E-state index contributed by atoms with van der Waals surface area (Å²) in [5.74, 6) is -2.18. The summed E-state index contributed by atoms with van der Waals surface area (Å²) in [7, 11) is 0. The van der Waals surface area contributed by atoms with Crippen molar-refractivity contribution in [2.75, 3.05) is 6.61 Å². The van der Waals surface area contributed by atoms with Gasteiger partial charge in [0, 0.05) is 0 Å². The van der Waals surface area contributed by atoms with E-state index in [2.05, 4.69) is 5.32 Å². The van der Waals surface area contributed by atoms with Crippen LogP contribution in [0.5, 0.6) is 0 Å². The van der Waals surface area contributed by atoms with Gasteiger partial charge in [-0.05, 0) is 45.6 Å². The Kier molecular flexibility index (Phi) is 7.92. The Morgan fingerprint density at radius 1 is 1.03 bits per heavy atom. The fourth-order valence-corrected chi connectivity index (χ4v) is 4.62. The van der Waals surface area contributed by atoms with E-state index in [0.29, 0.717) is 6.42 Å².